The molecule has 0 spiro atoms. The van der Waals surface area contributed by atoms with Gasteiger partial charge in [0.25, 0.3) is 5.69 Å². The van der Waals surface area contributed by atoms with Crippen molar-refractivity contribution >= 4 is 34.4 Å². The number of nitrogens with one attached hydrogen (secondary N) is 2. The number of nitro groups is 1. The number of halogens is 1. The standard InChI is InChI=1S/C20H20FN5O3S/c1-12-19(13(2)25(24-12)11-14-5-4-6-15(21)9-14)23-20(30)22-17-8-7-16(26(27)28)10-18(17)29-3/h4-10H,11H2,1-3H3,(H2,22,23,30). The minimum atomic E-state index is -0.497. The van der Waals surface area contributed by atoms with Gasteiger partial charge in [-0.3, -0.25) is 14.8 Å². The maximum Gasteiger partial charge on any atom is 0.273 e. The molecule has 0 aliphatic heterocycles. The lowest BCUT2D eigenvalue weighted by molar-refractivity contribution is -0.384. The lowest BCUT2D eigenvalue weighted by atomic mass is 10.2. The summed E-state index contributed by atoms with van der Waals surface area (Å²) in [6.45, 7) is 4.14. The average molecular weight is 429 g/mol. The van der Waals surface area contributed by atoms with Crippen molar-refractivity contribution in [3.8, 4) is 5.75 Å². The summed E-state index contributed by atoms with van der Waals surface area (Å²) in [7, 11) is 1.42. The smallest absolute Gasteiger partial charge is 0.273 e. The molecule has 0 saturated carbocycles. The van der Waals surface area contributed by atoms with E-state index in [1.165, 1.54) is 37.4 Å². The molecule has 10 heteroatoms. The number of hydrogen-bond donors (Lipinski definition) is 2. The van der Waals surface area contributed by atoms with Gasteiger partial charge in [-0.2, -0.15) is 5.10 Å². The molecule has 0 fully saturated rings. The van der Waals surface area contributed by atoms with E-state index in [4.69, 9.17) is 17.0 Å². The number of nitrogens with zero attached hydrogens (tertiary/aromatic N) is 3. The molecular weight excluding hydrogens is 409 g/mol. The Kier molecular flexibility index (Phi) is 6.26. The molecular formula is C20H20FN5O3S. The molecule has 1 heterocycles. The summed E-state index contributed by atoms with van der Waals surface area (Å²) in [5.74, 6) is -0.00149. The van der Waals surface area contributed by atoms with E-state index in [2.05, 4.69) is 15.7 Å². The van der Waals surface area contributed by atoms with E-state index in [0.29, 0.717) is 18.0 Å². The molecule has 0 saturated heterocycles. The number of methoxy groups -OCH3 is 1. The van der Waals surface area contributed by atoms with Crippen LogP contribution < -0.4 is 15.4 Å². The second-order valence-electron chi connectivity index (χ2n) is 6.55. The molecule has 0 amide bonds. The Hall–Kier alpha value is -3.53. The van der Waals surface area contributed by atoms with Crippen LogP contribution in [0.2, 0.25) is 0 Å². The van der Waals surface area contributed by atoms with E-state index in [1.807, 2.05) is 19.9 Å². The van der Waals surface area contributed by atoms with Gasteiger partial charge in [-0.15, -0.1) is 0 Å². The van der Waals surface area contributed by atoms with Gasteiger partial charge in [0, 0.05) is 6.07 Å². The minimum absolute atomic E-state index is 0.0819. The van der Waals surface area contributed by atoms with Crippen LogP contribution in [0.1, 0.15) is 17.0 Å². The molecule has 8 nitrogen and oxygen atoms in total. The number of thiocarbonyl (C=S) groups is 1. The molecule has 0 atom stereocenters. The zero-order valence-corrected chi connectivity index (χ0v) is 17.4. The monoisotopic (exact) mass is 429 g/mol. The summed E-state index contributed by atoms with van der Waals surface area (Å²) in [5, 5.41) is 21.8. The van der Waals surface area contributed by atoms with Crippen molar-refractivity contribution in [2.75, 3.05) is 17.7 Å². The van der Waals surface area contributed by atoms with Gasteiger partial charge in [-0.1, -0.05) is 12.1 Å². The van der Waals surface area contributed by atoms with Gasteiger partial charge in [-0.05, 0) is 49.8 Å². The van der Waals surface area contributed by atoms with Gasteiger partial charge < -0.3 is 15.4 Å². The first-order valence-corrected chi connectivity index (χ1v) is 9.38. The van der Waals surface area contributed by atoms with Crippen LogP contribution in [0.5, 0.6) is 5.75 Å². The van der Waals surface area contributed by atoms with Crippen LogP contribution in [0.15, 0.2) is 42.5 Å². The van der Waals surface area contributed by atoms with E-state index in [1.54, 1.807) is 10.7 Å². The Bertz CT molecular complexity index is 1120. The van der Waals surface area contributed by atoms with Crippen molar-refractivity contribution < 1.29 is 14.1 Å². The van der Waals surface area contributed by atoms with Crippen molar-refractivity contribution in [3.63, 3.8) is 0 Å². The summed E-state index contributed by atoms with van der Waals surface area (Å²) in [6.07, 6.45) is 0. The molecule has 0 aliphatic carbocycles. The molecule has 0 unspecified atom stereocenters. The Morgan fingerprint density at radius 2 is 2.03 bits per heavy atom. The quantitative estimate of drug-likeness (QED) is 0.340. The lowest BCUT2D eigenvalue weighted by Gasteiger charge is -2.13. The molecule has 0 bridgehead atoms. The first kappa shape index (κ1) is 21.2. The van der Waals surface area contributed by atoms with E-state index in [-0.39, 0.29) is 16.6 Å². The molecule has 0 radical (unpaired) electrons. The highest BCUT2D eigenvalue weighted by molar-refractivity contribution is 7.80. The molecule has 2 aromatic carbocycles. The summed E-state index contributed by atoms with van der Waals surface area (Å²) in [6, 6.07) is 10.6. The fourth-order valence-corrected chi connectivity index (χ4v) is 3.22. The second kappa shape index (κ2) is 8.87. The fraction of sp³-hybridized carbons (Fsp3) is 0.200. The normalized spacial score (nSPS) is 10.5. The van der Waals surface area contributed by atoms with Crippen molar-refractivity contribution in [1.29, 1.82) is 0 Å². The zero-order valence-electron chi connectivity index (χ0n) is 16.6. The SMILES string of the molecule is COc1cc([N+](=O)[O-])ccc1NC(=S)Nc1c(C)nn(Cc2cccc(F)c2)c1C. The average Bonchev–Trinajstić information content (AvgIpc) is 2.95. The van der Waals surface area contributed by atoms with Crippen LogP contribution in [-0.2, 0) is 6.54 Å². The van der Waals surface area contributed by atoms with E-state index < -0.39 is 4.92 Å². The third-order valence-corrected chi connectivity index (χ3v) is 4.69. The molecule has 0 aliphatic rings. The highest BCUT2D eigenvalue weighted by atomic mass is 32.1. The van der Waals surface area contributed by atoms with Crippen LogP contribution in [0, 0.1) is 29.8 Å². The Morgan fingerprint density at radius 1 is 1.27 bits per heavy atom. The van der Waals surface area contributed by atoms with Crippen LogP contribution in [0.25, 0.3) is 0 Å². The summed E-state index contributed by atoms with van der Waals surface area (Å²) >= 11 is 5.39. The Morgan fingerprint density at radius 3 is 2.70 bits per heavy atom. The van der Waals surface area contributed by atoms with Gasteiger partial charge in [0.05, 0.1) is 47.4 Å². The number of anilines is 2. The van der Waals surface area contributed by atoms with Crippen molar-refractivity contribution in [1.82, 2.24) is 9.78 Å². The molecule has 156 valence electrons. The maximum atomic E-state index is 13.5. The van der Waals surface area contributed by atoms with E-state index in [0.717, 1.165) is 22.6 Å². The summed E-state index contributed by atoms with van der Waals surface area (Å²) in [4.78, 5) is 10.4. The molecule has 3 aromatic rings. The molecule has 30 heavy (non-hydrogen) atoms. The highest BCUT2D eigenvalue weighted by Gasteiger charge is 2.16. The molecule has 1 aromatic heterocycles. The Labute approximate surface area is 177 Å². The number of nitro benzene ring substituents is 1. The van der Waals surface area contributed by atoms with Crippen molar-refractivity contribution in [3.05, 3.63) is 75.3 Å². The molecule has 3 rings (SSSR count). The highest BCUT2D eigenvalue weighted by Crippen LogP contribution is 2.29. The number of non-ortho nitro benzene ring substituents is 1. The largest absolute Gasteiger partial charge is 0.494 e. The second-order valence-corrected chi connectivity index (χ2v) is 6.96. The van der Waals surface area contributed by atoms with Gasteiger partial charge in [0.15, 0.2) is 5.11 Å². The first-order chi connectivity index (χ1) is 14.3. The fourth-order valence-electron chi connectivity index (χ4n) is 3.00. The number of aromatic nitrogens is 2. The zero-order chi connectivity index (χ0) is 21.8. The molecule has 2 N–H and O–H groups in total. The van der Waals surface area contributed by atoms with Crippen molar-refractivity contribution in [2.45, 2.75) is 20.4 Å². The number of aryl methyl sites for hydroxylation is 1. The van der Waals surface area contributed by atoms with Gasteiger partial charge in [0.2, 0.25) is 0 Å². The van der Waals surface area contributed by atoms with E-state index >= 15 is 0 Å². The number of hydrogen-bond acceptors (Lipinski definition) is 5. The third-order valence-electron chi connectivity index (χ3n) is 4.49. The lowest BCUT2D eigenvalue weighted by Crippen LogP contribution is -2.20. The summed E-state index contributed by atoms with van der Waals surface area (Å²) < 4.78 is 20.4. The first-order valence-electron chi connectivity index (χ1n) is 8.97. The van der Waals surface area contributed by atoms with Gasteiger partial charge >= 0.3 is 0 Å². The number of benzene rings is 2. The van der Waals surface area contributed by atoms with Crippen molar-refractivity contribution in [2.24, 2.45) is 0 Å². The van der Waals surface area contributed by atoms with Crippen LogP contribution in [-0.4, -0.2) is 26.9 Å². The maximum absolute atomic E-state index is 13.5. The Balaban J connectivity index is 1.76. The number of ether oxygens (including phenoxy) is 1. The third kappa shape index (κ3) is 4.71. The van der Waals surface area contributed by atoms with Gasteiger partial charge in [-0.25, -0.2) is 4.39 Å². The van der Waals surface area contributed by atoms with Crippen LogP contribution in [0.4, 0.5) is 21.5 Å². The summed E-state index contributed by atoms with van der Waals surface area (Å²) in [5.41, 5.74) is 3.48. The predicted molar refractivity (Wildman–Crippen MR) is 117 cm³/mol. The number of rotatable bonds is 6. The van der Waals surface area contributed by atoms with E-state index in [9.17, 15) is 14.5 Å². The predicted octanol–water partition coefficient (Wildman–Crippen LogP) is 4.41. The minimum Gasteiger partial charge on any atom is -0.494 e. The van der Waals surface area contributed by atoms with Crippen LogP contribution >= 0.6 is 12.2 Å². The van der Waals surface area contributed by atoms with Gasteiger partial charge in [0.1, 0.15) is 11.6 Å². The van der Waals surface area contributed by atoms with Crippen LogP contribution in [0.3, 0.4) is 0 Å². The topological polar surface area (TPSA) is 94.2 Å².